The normalized spacial score (nSPS) is 11.7. The molecule has 1 aromatic carbocycles. The van der Waals surface area contributed by atoms with Crippen molar-refractivity contribution < 1.29 is 19.4 Å². The number of carboxylic acid groups (broad SMARTS) is 1. The Bertz CT molecular complexity index is 635. The molecule has 2 rings (SSSR count). The lowest BCUT2D eigenvalue weighted by Gasteiger charge is -2.13. The maximum Gasteiger partial charge on any atom is 0.308 e. The highest BCUT2D eigenvalue weighted by molar-refractivity contribution is 5.92. The van der Waals surface area contributed by atoms with Crippen LogP contribution in [0.5, 0.6) is 5.75 Å². The molecule has 122 valence electrons. The minimum atomic E-state index is -0.939. The van der Waals surface area contributed by atoms with Gasteiger partial charge in [0.2, 0.25) is 0 Å². The Balaban J connectivity index is 1.93. The molecule has 1 unspecified atom stereocenters. The minimum Gasteiger partial charge on any atom is -0.494 e. The average Bonchev–Trinajstić information content (AvgIpc) is 3.07. The Labute approximate surface area is 134 Å². The van der Waals surface area contributed by atoms with E-state index in [1.807, 2.05) is 31.2 Å². The summed E-state index contributed by atoms with van der Waals surface area (Å²) in [6.07, 6.45) is 1.98. The summed E-state index contributed by atoms with van der Waals surface area (Å²) in [6, 6.07) is 10.7. The molecule has 6 nitrogen and oxygen atoms in total. The summed E-state index contributed by atoms with van der Waals surface area (Å²) in [7, 11) is 0. The van der Waals surface area contributed by atoms with Gasteiger partial charge in [-0.15, -0.1) is 0 Å². The van der Waals surface area contributed by atoms with Gasteiger partial charge in [0.25, 0.3) is 5.91 Å². The van der Waals surface area contributed by atoms with E-state index in [1.165, 1.54) is 0 Å². The molecular formula is C17H20N2O4. The third kappa shape index (κ3) is 4.88. The first-order valence-corrected chi connectivity index (χ1v) is 7.46. The number of aromatic nitrogens is 1. The first-order chi connectivity index (χ1) is 11.1. The van der Waals surface area contributed by atoms with Gasteiger partial charge in [-0.2, -0.15) is 0 Å². The number of aliphatic carboxylic acids is 1. The second-order valence-corrected chi connectivity index (χ2v) is 5.11. The molecular weight excluding hydrogens is 296 g/mol. The van der Waals surface area contributed by atoms with Gasteiger partial charge >= 0.3 is 5.97 Å². The zero-order valence-electron chi connectivity index (χ0n) is 12.9. The predicted octanol–water partition coefficient (Wildman–Crippen LogP) is 2.09. The lowest BCUT2D eigenvalue weighted by Crippen LogP contribution is -2.34. The van der Waals surface area contributed by atoms with Crippen molar-refractivity contribution in [2.45, 2.75) is 13.3 Å². The van der Waals surface area contributed by atoms with Crippen LogP contribution in [0.15, 0.2) is 42.6 Å². The Hall–Kier alpha value is -2.76. The maximum atomic E-state index is 11.9. The Morgan fingerprint density at radius 2 is 2.00 bits per heavy atom. The van der Waals surface area contributed by atoms with Crippen molar-refractivity contribution in [2.75, 3.05) is 13.2 Å². The highest BCUT2D eigenvalue weighted by Crippen LogP contribution is 2.15. The molecule has 1 amide bonds. The molecule has 23 heavy (non-hydrogen) atoms. The molecule has 6 heteroatoms. The fourth-order valence-corrected chi connectivity index (χ4v) is 2.20. The van der Waals surface area contributed by atoms with Crippen molar-refractivity contribution in [2.24, 2.45) is 5.92 Å². The maximum absolute atomic E-state index is 11.9. The largest absolute Gasteiger partial charge is 0.494 e. The number of ether oxygens (including phenoxy) is 1. The summed E-state index contributed by atoms with van der Waals surface area (Å²) < 4.78 is 5.36. The number of rotatable bonds is 8. The molecule has 1 atom stereocenters. The molecule has 0 aliphatic heterocycles. The monoisotopic (exact) mass is 316 g/mol. The Kier molecular flexibility index (Phi) is 5.80. The molecule has 0 saturated carbocycles. The zero-order valence-corrected chi connectivity index (χ0v) is 12.9. The van der Waals surface area contributed by atoms with Crippen LogP contribution in [-0.2, 0) is 11.2 Å². The molecule has 3 N–H and O–H groups in total. The molecule has 1 aromatic heterocycles. The average molecular weight is 316 g/mol. The second kappa shape index (κ2) is 8.03. The number of H-pyrrole nitrogens is 1. The van der Waals surface area contributed by atoms with Crippen LogP contribution in [0.4, 0.5) is 0 Å². The summed E-state index contributed by atoms with van der Waals surface area (Å²) >= 11 is 0. The SMILES string of the molecule is CCOc1ccc(CC(CNC(=O)c2ccc[nH]2)C(=O)O)cc1. The number of nitrogens with one attached hydrogen (secondary N) is 2. The van der Waals surface area contributed by atoms with Gasteiger partial charge in [-0.1, -0.05) is 12.1 Å². The van der Waals surface area contributed by atoms with Crippen LogP contribution in [0.2, 0.25) is 0 Å². The van der Waals surface area contributed by atoms with Crippen molar-refractivity contribution in [3.05, 3.63) is 53.9 Å². The van der Waals surface area contributed by atoms with E-state index < -0.39 is 11.9 Å². The van der Waals surface area contributed by atoms with E-state index in [-0.39, 0.29) is 12.5 Å². The van der Waals surface area contributed by atoms with Crippen molar-refractivity contribution in [3.8, 4) is 5.75 Å². The van der Waals surface area contributed by atoms with Crippen LogP contribution in [0, 0.1) is 5.92 Å². The highest BCUT2D eigenvalue weighted by Gasteiger charge is 2.19. The molecule has 0 fully saturated rings. The topological polar surface area (TPSA) is 91.4 Å². The molecule has 0 spiro atoms. The predicted molar refractivity (Wildman–Crippen MR) is 85.6 cm³/mol. The molecule has 0 bridgehead atoms. The molecule has 0 aliphatic rings. The van der Waals surface area contributed by atoms with Crippen LogP contribution < -0.4 is 10.1 Å². The lowest BCUT2D eigenvalue weighted by atomic mass is 9.99. The summed E-state index contributed by atoms with van der Waals surface area (Å²) in [5.41, 5.74) is 1.30. The molecule has 1 heterocycles. The summed E-state index contributed by atoms with van der Waals surface area (Å²) in [5.74, 6) is -1.19. The van der Waals surface area contributed by atoms with Crippen LogP contribution in [0.3, 0.4) is 0 Å². The number of hydrogen-bond acceptors (Lipinski definition) is 3. The van der Waals surface area contributed by atoms with Gasteiger partial charge in [0.15, 0.2) is 0 Å². The lowest BCUT2D eigenvalue weighted by molar-refractivity contribution is -0.141. The van der Waals surface area contributed by atoms with Crippen LogP contribution in [0.1, 0.15) is 23.0 Å². The van der Waals surface area contributed by atoms with E-state index in [9.17, 15) is 14.7 Å². The third-order valence-electron chi connectivity index (χ3n) is 3.42. The number of hydrogen-bond donors (Lipinski definition) is 3. The fourth-order valence-electron chi connectivity index (χ4n) is 2.20. The highest BCUT2D eigenvalue weighted by atomic mass is 16.5. The van der Waals surface area contributed by atoms with Crippen molar-refractivity contribution in [3.63, 3.8) is 0 Å². The number of carbonyl (C=O) groups excluding carboxylic acids is 1. The Morgan fingerprint density at radius 3 is 2.57 bits per heavy atom. The number of benzene rings is 1. The summed E-state index contributed by atoms with van der Waals surface area (Å²) in [5, 5.41) is 12.0. The van der Waals surface area contributed by atoms with E-state index in [1.54, 1.807) is 18.3 Å². The molecule has 0 radical (unpaired) electrons. The molecule has 0 aliphatic carbocycles. The van der Waals surface area contributed by atoms with Gasteiger partial charge in [-0.3, -0.25) is 9.59 Å². The van der Waals surface area contributed by atoms with Crippen molar-refractivity contribution in [1.82, 2.24) is 10.3 Å². The van der Waals surface area contributed by atoms with E-state index >= 15 is 0 Å². The first kappa shape index (κ1) is 16.6. The van der Waals surface area contributed by atoms with E-state index in [2.05, 4.69) is 10.3 Å². The quantitative estimate of drug-likeness (QED) is 0.695. The van der Waals surface area contributed by atoms with Gasteiger partial charge in [0, 0.05) is 12.7 Å². The number of aromatic amines is 1. The fraction of sp³-hybridized carbons (Fsp3) is 0.294. The van der Waals surface area contributed by atoms with E-state index in [0.29, 0.717) is 18.7 Å². The third-order valence-corrected chi connectivity index (χ3v) is 3.42. The standard InChI is InChI=1S/C17H20N2O4/c1-2-23-14-7-5-12(6-8-14)10-13(17(21)22)11-19-16(20)15-4-3-9-18-15/h3-9,13,18H,2,10-11H2,1H3,(H,19,20)(H,21,22). The van der Waals surface area contributed by atoms with Crippen molar-refractivity contribution in [1.29, 1.82) is 0 Å². The van der Waals surface area contributed by atoms with Gasteiger partial charge in [0.05, 0.1) is 12.5 Å². The summed E-state index contributed by atoms with van der Waals surface area (Å²) in [4.78, 5) is 26.0. The van der Waals surface area contributed by atoms with Crippen molar-refractivity contribution >= 4 is 11.9 Å². The van der Waals surface area contributed by atoms with Crippen LogP contribution in [-0.4, -0.2) is 35.1 Å². The smallest absolute Gasteiger partial charge is 0.308 e. The Morgan fingerprint density at radius 1 is 1.26 bits per heavy atom. The second-order valence-electron chi connectivity index (χ2n) is 5.11. The minimum absolute atomic E-state index is 0.0698. The number of amides is 1. The first-order valence-electron chi connectivity index (χ1n) is 7.46. The van der Waals surface area contributed by atoms with Crippen LogP contribution >= 0.6 is 0 Å². The van der Waals surface area contributed by atoms with Gasteiger partial charge in [0.1, 0.15) is 11.4 Å². The van der Waals surface area contributed by atoms with Gasteiger partial charge in [-0.25, -0.2) is 0 Å². The van der Waals surface area contributed by atoms with Gasteiger partial charge < -0.3 is 20.1 Å². The molecule has 0 saturated heterocycles. The van der Waals surface area contributed by atoms with Crippen LogP contribution in [0.25, 0.3) is 0 Å². The zero-order chi connectivity index (χ0) is 16.7. The number of carboxylic acids is 1. The van der Waals surface area contributed by atoms with E-state index in [0.717, 1.165) is 11.3 Å². The van der Waals surface area contributed by atoms with Gasteiger partial charge in [-0.05, 0) is 43.2 Å². The summed E-state index contributed by atoms with van der Waals surface area (Å²) in [6.45, 7) is 2.56. The molecule has 2 aromatic rings. The van der Waals surface area contributed by atoms with E-state index in [4.69, 9.17) is 4.74 Å². The number of carbonyl (C=O) groups is 2.